The monoisotopic (exact) mass is 362 g/mol. The summed E-state index contributed by atoms with van der Waals surface area (Å²) in [7, 11) is 1.63. The highest BCUT2D eigenvalue weighted by Crippen LogP contribution is 2.40. The minimum atomic E-state index is -0.164. The maximum absolute atomic E-state index is 12.8. The van der Waals surface area contributed by atoms with Crippen molar-refractivity contribution >= 4 is 5.91 Å². The number of aromatic nitrogens is 3. The molecule has 1 fully saturated rings. The molecule has 0 spiro atoms. The number of ether oxygens (including phenoxy) is 1. The predicted molar refractivity (Wildman–Crippen MR) is 102 cm³/mol. The summed E-state index contributed by atoms with van der Waals surface area (Å²) in [6.45, 7) is 1.96. The molecule has 0 saturated heterocycles. The van der Waals surface area contributed by atoms with Crippen molar-refractivity contribution in [3.05, 3.63) is 65.6 Å². The van der Waals surface area contributed by atoms with Crippen LogP contribution in [0, 0.1) is 12.8 Å². The Hall–Kier alpha value is -3.15. The molecule has 4 rings (SSSR count). The van der Waals surface area contributed by atoms with E-state index in [0.717, 1.165) is 41.2 Å². The molecule has 1 aromatic carbocycles. The van der Waals surface area contributed by atoms with Crippen LogP contribution >= 0.6 is 0 Å². The summed E-state index contributed by atoms with van der Waals surface area (Å²) >= 11 is 0. The minimum absolute atomic E-state index is 0.0647. The van der Waals surface area contributed by atoms with Crippen LogP contribution in [0.15, 0.2) is 48.5 Å². The molecule has 2 heterocycles. The van der Waals surface area contributed by atoms with E-state index in [9.17, 15) is 4.79 Å². The number of rotatable bonds is 6. The average Bonchev–Trinajstić information content (AvgIpc) is 3.41. The highest BCUT2D eigenvalue weighted by molar-refractivity contribution is 5.93. The summed E-state index contributed by atoms with van der Waals surface area (Å²) in [6.07, 6.45) is 2.22. The Kier molecular flexibility index (Phi) is 4.62. The van der Waals surface area contributed by atoms with Gasteiger partial charge >= 0.3 is 0 Å². The van der Waals surface area contributed by atoms with Gasteiger partial charge in [0.2, 0.25) is 0 Å². The van der Waals surface area contributed by atoms with Gasteiger partial charge in [-0.25, -0.2) is 0 Å². The standard InChI is InChI=1S/C21H22N4O2/c1-13-4-3-5-17(22-13)20(15-6-7-15)23-21(26)19-12-18(24-25-19)14-8-10-16(27-2)11-9-14/h3-5,8-12,15,20H,6-7H2,1-2H3,(H,23,26)(H,24,25)/t20-/m0/s1. The maximum Gasteiger partial charge on any atom is 0.269 e. The molecule has 1 aliphatic carbocycles. The van der Waals surface area contributed by atoms with Gasteiger partial charge in [0.05, 0.1) is 24.5 Å². The first-order chi connectivity index (χ1) is 13.1. The van der Waals surface area contributed by atoms with E-state index >= 15 is 0 Å². The molecule has 0 bridgehead atoms. The van der Waals surface area contributed by atoms with Gasteiger partial charge in [-0.2, -0.15) is 5.10 Å². The minimum Gasteiger partial charge on any atom is -0.497 e. The number of amides is 1. The van der Waals surface area contributed by atoms with Gasteiger partial charge < -0.3 is 10.1 Å². The zero-order chi connectivity index (χ0) is 18.8. The van der Waals surface area contributed by atoms with Gasteiger partial charge in [-0.05, 0) is 68.1 Å². The number of H-pyrrole nitrogens is 1. The Labute approximate surface area is 158 Å². The molecule has 1 saturated carbocycles. The number of carbonyl (C=O) groups is 1. The number of benzene rings is 1. The summed E-state index contributed by atoms with van der Waals surface area (Å²) in [5.74, 6) is 1.07. The van der Waals surface area contributed by atoms with Gasteiger partial charge in [0.1, 0.15) is 11.4 Å². The molecule has 6 heteroatoms. The molecule has 0 aliphatic heterocycles. The number of aryl methyl sites for hydroxylation is 1. The summed E-state index contributed by atoms with van der Waals surface area (Å²) in [5.41, 5.74) is 3.96. The van der Waals surface area contributed by atoms with Crippen LogP contribution in [0.5, 0.6) is 5.75 Å². The zero-order valence-corrected chi connectivity index (χ0v) is 15.4. The van der Waals surface area contributed by atoms with Crippen molar-refractivity contribution in [2.75, 3.05) is 7.11 Å². The van der Waals surface area contributed by atoms with E-state index in [0.29, 0.717) is 11.6 Å². The van der Waals surface area contributed by atoms with Crippen LogP contribution in [0.1, 0.15) is 40.8 Å². The summed E-state index contributed by atoms with van der Waals surface area (Å²) in [6, 6.07) is 15.2. The summed E-state index contributed by atoms with van der Waals surface area (Å²) in [5, 5.41) is 10.3. The first kappa shape index (κ1) is 17.3. The van der Waals surface area contributed by atoms with Crippen molar-refractivity contribution < 1.29 is 9.53 Å². The van der Waals surface area contributed by atoms with Gasteiger partial charge in [-0.1, -0.05) is 6.07 Å². The van der Waals surface area contributed by atoms with Gasteiger partial charge in [0.15, 0.2) is 0 Å². The smallest absolute Gasteiger partial charge is 0.269 e. The fourth-order valence-electron chi connectivity index (χ4n) is 3.17. The lowest BCUT2D eigenvalue weighted by Gasteiger charge is -2.17. The number of hydrogen-bond acceptors (Lipinski definition) is 4. The number of methoxy groups -OCH3 is 1. The molecule has 2 N–H and O–H groups in total. The topological polar surface area (TPSA) is 79.9 Å². The molecular formula is C21H22N4O2. The van der Waals surface area contributed by atoms with Crippen molar-refractivity contribution in [2.45, 2.75) is 25.8 Å². The van der Waals surface area contributed by atoms with E-state index in [1.807, 2.05) is 49.4 Å². The molecule has 27 heavy (non-hydrogen) atoms. The fourth-order valence-corrected chi connectivity index (χ4v) is 3.17. The molecule has 0 unspecified atom stereocenters. The first-order valence-corrected chi connectivity index (χ1v) is 9.08. The average molecular weight is 362 g/mol. The van der Waals surface area contributed by atoms with Crippen LogP contribution in [-0.2, 0) is 0 Å². The quantitative estimate of drug-likeness (QED) is 0.701. The molecule has 138 valence electrons. The van der Waals surface area contributed by atoms with Crippen molar-refractivity contribution in [3.8, 4) is 17.0 Å². The molecule has 1 atom stereocenters. The first-order valence-electron chi connectivity index (χ1n) is 9.08. The molecule has 0 radical (unpaired) electrons. The highest BCUT2D eigenvalue weighted by atomic mass is 16.5. The summed E-state index contributed by atoms with van der Waals surface area (Å²) < 4.78 is 5.17. The molecule has 6 nitrogen and oxygen atoms in total. The van der Waals surface area contributed by atoms with E-state index < -0.39 is 0 Å². The Balaban J connectivity index is 1.51. The SMILES string of the molecule is COc1ccc(-c2cc(C(=O)N[C@H](c3cccc(C)n3)C3CC3)[nH]n2)cc1. The lowest BCUT2D eigenvalue weighted by atomic mass is 10.1. The second-order valence-corrected chi connectivity index (χ2v) is 6.89. The van der Waals surface area contributed by atoms with E-state index in [1.165, 1.54) is 0 Å². The largest absolute Gasteiger partial charge is 0.497 e. The number of nitrogens with one attached hydrogen (secondary N) is 2. The highest BCUT2D eigenvalue weighted by Gasteiger charge is 2.34. The second-order valence-electron chi connectivity index (χ2n) is 6.89. The lowest BCUT2D eigenvalue weighted by molar-refractivity contribution is 0.0925. The van der Waals surface area contributed by atoms with E-state index in [2.05, 4.69) is 20.5 Å². The van der Waals surface area contributed by atoms with Crippen molar-refractivity contribution in [3.63, 3.8) is 0 Å². The van der Waals surface area contributed by atoms with Gasteiger partial charge in [0.25, 0.3) is 5.91 Å². The van der Waals surface area contributed by atoms with Gasteiger partial charge in [-0.3, -0.25) is 14.9 Å². The molecule has 3 aromatic rings. The van der Waals surface area contributed by atoms with Crippen LogP contribution in [-0.4, -0.2) is 28.2 Å². The zero-order valence-electron chi connectivity index (χ0n) is 15.4. The molecule has 1 amide bonds. The molecule has 1 aliphatic rings. The number of aromatic amines is 1. The number of hydrogen-bond donors (Lipinski definition) is 2. The number of carbonyl (C=O) groups excluding carboxylic acids is 1. The Morgan fingerprint density at radius 3 is 2.67 bits per heavy atom. The predicted octanol–water partition coefficient (Wildman–Crippen LogP) is 3.67. The van der Waals surface area contributed by atoms with Crippen LogP contribution in [0.25, 0.3) is 11.3 Å². The van der Waals surface area contributed by atoms with Crippen LogP contribution in [0.4, 0.5) is 0 Å². The number of nitrogens with zero attached hydrogens (tertiary/aromatic N) is 2. The Morgan fingerprint density at radius 1 is 1.22 bits per heavy atom. The normalized spacial score (nSPS) is 14.6. The van der Waals surface area contributed by atoms with Gasteiger partial charge in [0, 0.05) is 11.3 Å². The third-order valence-corrected chi connectivity index (χ3v) is 4.82. The van der Waals surface area contributed by atoms with Gasteiger partial charge in [-0.15, -0.1) is 0 Å². The Morgan fingerprint density at radius 2 is 2.00 bits per heavy atom. The molecular weight excluding hydrogens is 340 g/mol. The van der Waals surface area contributed by atoms with E-state index in [-0.39, 0.29) is 11.9 Å². The third kappa shape index (κ3) is 3.84. The van der Waals surface area contributed by atoms with E-state index in [1.54, 1.807) is 13.2 Å². The lowest BCUT2D eigenvalue weighted by Crippen LogP contribution is -2.30. The van der Waals surface area contributed by atoms with Crippen molar-refractivity contribution in [2.24, 2.45) is 5.92 Å². The fraction of sp³-hybridized carbons (Fsp3) is 0.286. The van der Waals surface area contributed by atoms with Crippen molar-refractivity contribution in [1.82, 2.24) is 20.5 Å². The van der Waals surface area contributed by atoms with E-state index in [4.69, 9.17) is 4.74 Å². The van der Waals surface area contributed by atoms with Crippen molar-refractivity contribution in [1.29, 1.82) is 0 Å². The molecule has 2 aromatic heterocycles. The van der Waals surface area contributed by atoms with Crippen LogP contribution in [0.2, 0.25) is 0 Å². The Bertz CT molecular complexity index is 945. The van der Waals surface area contributed by atoms with Crippen LogP contribution < -0.4 is 10.1 Å². The number of pyridine rings is 1. The second kappa shape index (κ2) is 7.23. The summed E-state index contributed by atoms with van der Waals surface area (Å²) in [4.78, 5) is 17.4. The third-order valence-electron chi connectivity index (χ3n) is 4.82. The van der Waals surface area contributed by atoms with Crippen LogP contribution in [0.3, 0.4) is 0 Å². The maximum atomic E-state index is 12.8.